The molecule has 0 unspecified atom stereocenters. The van der Waals surface area contributed by atoms with Crippen molar-refractivity contribution >= 4 is 16.2 Å². The minimum atomic E-state index is -1.29. The van der Waals surface area contributed by atoms with E-state index >= 15 is 0 Å². The quantitative estimate of drug-likeness (QED) is 0.876. The average molecular weight is 311 g/mol. The molecule has 2 N–H and O–H groups in total. The lowest BCUT2D eigenvalue weighted by Gasteiger charge is -2.59. The minimum Gasteiger partial charge on any atom is -0.481 e. The number of rotatable bonds is 4. The molecule has 0 aromatic heterocycles. The summed E-state index contributed by atoms with van der Waals surface area (Å²) in [7, 11) is 0.751. The first-order chi connectivity index (χ1) is 9.45. The first-order valence-corrected chi connectivity index (χ1v) is 8.91. The van der Waals surface area contributed by atoms with Gasteiger partial charge in [-0.2, -0.15) is 10.2 Å². The maximum absolute atomic E-state index is 10.8. The van der Waals surface area contributed by atoms with Crippen molar-refractivity contribution in [1.82, 2.24) is 4.72 Å². The Bertz CT molecular complexity index is 481. The van der Waals surface area contributed by atoms with Gasteiger partial charge in [-0.3, -0.25) is 9.52 Å². The fourth-order valence-electron chi connectivity index (χ4n) is 3.34. The fraction of sp³-hybridized carbons (Fsp3) is 0.588. The van der Waals surface area contributed by atoms with Crippen LogP contribution in [0.5, 0.6) is 0 Å². The van der Waals surface area contributed by atoms with Gasteiger partial charge in [-0.25, -0.2) is 0 Å². The highest BCUT2D eigenvalue weighted by Crippen LogP contribution is 2.69. The van der Waals surface area contributed by atoms with E-state index in [1.54, 1.807) is 0 Å². The highest BCUT2D eigenvalue weighted by atomic mass is 32.3. The Morgan fingerprint density at radius 3 is 1.76 bits per heavy atom. The van der Waals surface area contributed by atoms with Gasteiger partial charge in [0.05, 0.1) is 6.42 Å². The molecule has 0 saturated heterocycles. The summed E-state index contributed by atoms with van der Waals surface area (Å²) in [5, 5.41) is 8.89. The van der Waals surface area contributed by atoms with E-state index in [1.807, 2.05) is 19.2 Å². The van der Waals surface area contributed by atoms with Crippen LogP contribution in [0.3, 0.4) is 0 Å². The van der Waals surface area contributed by atoms with Crippen LogP contribution in [-0.4, -0.2) is 27.6 Å². The Kier molecular flexibility index (Phi) is 5.17. The van der Waals surface area contributed by atoms with E-state index in [9.17, 15) is 4.79 Å². The van der Waals surface area contributed by atoms with Crippen LogP contribution >= 0.6 is 10.2 Å². The second kappa shape index (κ2) is 6.01. The number of carboxylic acid groups (broad SMARTS) is 1. The van der Waals surface area contributed by atoms with Gasteiger partial charge in [0.15, 0.2) is 0 Å². The molecule has 0 heterocycles. The Morgan fingerprint density at radius 2 is 1.48 bits per heavy atom. The van der Waals surface area contributed by atoms with Gasteiger partial charge < -0.3 is 5.11 Å². The second-order valence-electron chi connectivity index (χ2n) is 7.26. The molecule has 0 spiro atoms. The number of benzene rings is 1. The van der Waals surface area contributed by atoms with Crippen LogP contribution in [0.25, 0.3) is 0 Å². The van der Waals surface area contributed by atoms with Crippen LogP contribution in [0.4, 0.5) is 0 Å². The summed E-state index contributed by atoms with van der Waals surface area (Å²) in [5.74, 6) is -0.790. The molecule has 3 nitrogen and oxygen atoms in total. The van der Waals surface area contributed by atoms with Crippen molar-refractivity contribution in [1.29, 1.82) is 0 Å². The summed E-state index contributed by atoms with van der Waals surface area (Å²) < 4.78 is 3.82. The predicted molar refractivity (Wildman–Crippen MR) is 92.2 cm³/mol. The zero-order valence-electron chi connectivity index (χ0n) is 14.3. The van der Waals surface area contributed by atoms with Crippen molar-refractivity contribution in [2.45, 2.75) is 62.4 Å². The van der Waals surface area contributed by atoms with Crippen molar-refractivity contribution in [3.63, 3.8) is 0 Å². The third-order valence-corrected chi connectivity index (χ3v) is 9.04. The molecule has 0 saturated carbocycles. The summed E-state index contributed by atoms with van der Waals surface area (Å²) >= 11 is 0. The van der Waals surface area contributed by atoms with E-state index < -0.39 is 16.2 Å². The van der Waals surface area contributed by atoms with Crippen LogP contribution < -0.4 is 4.72 Å². The van der Waals surface area contributed by atoms with Gasteiger partial charge in [0.2, 0.25) is 0 Å². The maximum Gasteiger partial charge on any atom is 0.307 e. The Labute approximate surface area is 130 Å². The van der Waals surface area contributed by atoms with Gasteiger partial charge in [-0.15, -0.1) is 0 Å². The molecule has 1 aromatic rings. The summed E-state index contributed by atoms with van der Waals surface area (Å²) in [5.41, 5.74) is 0.846. The Balaban J connectivity index is 3.38. The van der Waals surface area contributed by atoms with E-state index in [2.05, 4.69) is 58.4 Å². The molecule has 1 rings (SSSR count). The van der Waals surface area contributed by atoms with Crippen molar-refractivity contribution in [2.75, 3.05) is 7.05 Å². The average Bonchev–Trinajstić information content (AvgIpc) is 2.28. The van der Waals surface area contributed by atoms with E-state index in [0.717, 1.165) is 5.56 Å². The molecule has 0 aliphatic heterocycles. The smallest absolute Gasteiger partial charge is 0.307 e. The van der Waals surface area contributed by atoms with Crippen LogP contribution in [-0.2, 0) is 11.2 Å². The van der Waals surface area contributed by atoms with E-state index in [-0.39, 0.29) is 15.9 Å². The number of hydrogen-bond acceptors (Lipinski definition) is 2. The molecule has 0 atom stereocenters. The van der Waals surface area contributed by atoms with Crippen LogP contribution in [0.1, 0.15) is 47.1 Å². The third kappa shape index (κ3) is 3.43. The third-order valence-electron chi connectivity index (χ3n) is 3.78. The Hall–Kier alpha value is -1.00. The lowest BCUT2D eigenvalue weighted by Crippen LogP contribution is -2.45. The summed E-state index contributed by atoms with van der Waals surface area (Å²) in [6, 6.07) is 8.08. The molecule has 0 aliphatic rings. The number of hydrogen-bond donors (Lipinski definition) is 2. The van der Waals surface area contributed by atoms with Crippen molar-refractivity contribution in [2.24, 2.45) is 0 Å². The maximum atomic E-state index is 10.8. The standard InChI is InChI=1S/C17H29NO2S/c1-16(2,3)21(18-7,17(4,5)6)14-10-8-13(9-11-14)12-15(19)20/h8-11,18H,12H2,1-7H3,(H,19,20). The van der Waals surface area contributed by atoms with Crippen molar-refractivity contribution < 1.29 is 9.90 Å². The zero-order chi connectivity index (χ0) is 16.5. The van der Waals surface area contributed by atoms with E-state index in [4.69, 9.17) is 5.11 Å². The van der Waals surface area contributed by atoms with Gasteiger partial charge in [0, 0.05) is 14.4 Å². The number of nitrogens with one attached hydrogen (secondary N) is 1. The zero-order valence-corrected chi connectivity index (χ0v) is 15.1. The number of carboxylic acids is 1. The monoisotopic (exact) mass is 311 g/mol. The molecule has 4 heteroatoms. The highest BCUT2D eigenvalue weighted by molar-refractivity contribution is 8.34. The second-order valence-corrected chi connectivity index (χ2v) is 11.8. The highest BCUT2D eigenvalue weighted by Gasteiger charge is 2.45. The lowest BCUT2D eigenvalue weighted by molar-refractivity contribution is -0.136. The normalized spacial score (nSPS) is 14.0. The molecule has 0 aliphatic carbocycles. The molecule has 0 bridgehead atoms. The first kappa shape index (κ1) is 18.1. The molecular formula is C17H29NO2S. The largest absolute Gasteiger partial charge is 0.481 e. The Morgan fingerprint density at radius 1 is 1.05 bits per heavy atom. The van der Waals surface area contributed by atoms with Crippen LogP contribution in [0.2, 0.25) is 0 Å². The van der Waals surface area contributed by atoms with E-state index in [0.29, 0.717) is 0 Å². The number of carbonyl (C=O) groups is 1. The predicted octanol–water partition coefficient (Wildman–Crippen LogP) is 4.21. The molecule has 120 valence electrons. The minimum absolute atomic E-state index is 0.0766. The van der Waals surface area contributed by atoms with Crippen LogP contribution in [0.15, 0.2) is 29.2 Å². The summed E-state index contributed by atoms with van der Waals surface area (Å²) in [4.78, 5) is 12.1. The van der Waals surface area contributed by atoms with Gasteiger partial charge in [0.25, 0.3) is 0 Å². The molecular weight excluding hydrogens is 282 g/mol. The topological polar surface area (TPSA) is 49.3 Å². The molecule has 0 amide bonds. The molecule has 0 radical (unpaired) electrons. The van der Waals surface area contributed by atoms with Crippen molar-refractivity contribution in [3.05, 3.63) is 29.8 Å². The van der Waals surface area contributed by atoms with Gasteiger partial charge in [-0.05, 0) is 24.7 Å². The molecule has 1 aromatic carbocycles. The first-order valence-electron chi connectivity index (χ1n) is 7.27. The summed E-state index contributed by atoms with van der Waals surface area (Å²) in [6.07, 6.45) is 0.0766. The van der Waals surface area contributed by atoms with Gasteiger partial charge >= 0.3 is 5.97 Å². The fourth-order valence-corrected chi connectivity index (χ4v) is 8.60. The van der Waals surface area contributed by atoms with E-state index in [1.165, 1.54) is 4.90 Å². The van der Waals surface area contributed by atoms with Gasteiger partial charge in [-0.1, -0.05) is 53.7 Å². The SMILES string of the molecule is CNS(c1ccc(CC(=O)O)cc1)(C(C)(C)C)C(C)(C)C. The number of aliphatic carboxylic acids is 1. The molecule has 0 fully saturated rings. The van der Waals surface area contributed by atoms with Crippen molar-refractivity contribution in [3.8, 4) is 0 Å². The summed E-state index contributed by atoms with van der Waals surface area (Å²) in [6.45, 7) is 13.6. The van der Waals surface area contributed by atoms with Gasteiger partial charge in [0.1, 0.15) is 0 Å². The van der Waals surface area contributed by atoms with Crippen LogP contribution in [0, 0.1) is 0 Å². The lowest BCUT2D eigenvalue weighted by atomic mass is 10.2. The molecule has 21 heavy (non-hydrogen) atoms.